The lowest BCUT2D eigenvalue weighted by Gasteiger charge is -1.82. The first-order valence-corrected chi connectivity index (χ1v) is 2.56. The van der Waals surface area contributed by atoms with Crippen molar-refractivity contribution < 1.29 is 9.59 Å². The highest BCUT2D eigenvalue weighted by atomic mass is 16.1. The summed E-state index contributed by atoms with van der Waals surface area (Å²) in [7, 11) is 0. The van der Waals surface area contributed by atoms with Gasteiger partial charge in [-0.1, -0.05) is 0 Å². The fraction of sp³-hybridized carbons (Fsp3) is 0.286. The first-order chi connectivity index (χ1) is 4.16. The molecule has 0 aliphatic rings. The Labute approximate surface area is 53.9 Å². The third-order valence-corrected chi connectivity index (χ3v) is 0.718. The van der Waals surface area contributed by atoms with Crippen molar-refractivity contribution in [2.75, 3.05) is 0 Å². The topological polar surface area (TPSA) is 34.1 Å². The number of hydrogen-bond donors (Lipinski definition) is 0. The molecule has 0 aliphatic carbocycles. The summed E-state index contributed by atoms with van der Waals surface area (Å²) in [6.07, 6.45) is 2.60. The molecule has 0 unspecified atom stereocenters. The van der Waals surface area contributed by atoms with Crippen molar-refractivity contribution in [1.29, 1.82) is 0 Å². The minimum Gasteiger partial charge on any atom is -0.295 e. The zero-order chi connectivity index (χ0) is 7.28. The third-order valence-electron chi connectivity index (χ3n) is 0.718. The molecule has 0 heterocycles. The Hall–Kier alpha value is -1.14. The van der Waals surface area contributed by atoms with E-state index < -0.39 is 0 Å². The van der Waals surface area contributed by atoms with Gasteiger partial charge in [0.2, 0.25) is 0 Å². The average molecular weight is 124 g/mol. The Balaban J connectivity index is 4.16. The lowest BCUT2D eigenvalue weighted by atomic mass is 10.2. The Morgan fingerprint density at radius 2 is 2.00 bits per heavy atom. The van der Waals surface area contributed by atoms with Crippen molar-refractivity contribution in [2.24, 2.45) is 0 Å². The molecule has 0 aromatic heterocycles. The van der Waals surface area contributed by atoms with E-state index in [0.717, 1.165) is 0 Å². The molecule has 0 radical (unpaired) electrons. The summed E-state index contributed by atoms with van der Waals surface area (Å²) >= 11 is 0. The van der Waals surface area contributed by atoms with Crippen LogP contribution < -0.4 is 0 Å². The van der Waals surface area contributed by atoms with Crippen LogP contribution in [0, 0.1) is 0 Å². The van der Waals surface area contributed by atoms with Crippen LogP contribution in [0.4, 0.5) is 0 Å². The second-order valence-electron chi connectivity index (χ2n) is 1.76. The predicted molar refractivity (Wildman–Crippen MR) is 34.7 cm³/mol. The molecule has 2 nitrogen and oxygen atoms in total. The molecule has 0 fully saturated rings. The predicted octanol–water partition coefficient (Wildman–Crippen LogP) is 0.909. The quantitative estimate of drug-likeness (QED) is 0.311. The first-order valence-electron chi connectivity index (χ1n) is 2.56. The van der Waals surface area contributed by atoms with Gasteiger partial charge in [-0.05, 0) is 25.5 Å². The van der Waals surface area contributed by atoms with Gasteiger partial charge in [-0.25, -0.2) is 4.79 Å². The number of allylic oxidation sites excluding steroid dienone is 3. The van der Waals surface area contributed by atoms with Gasteiger partial charge in [0.1, 0.15) is 5.94 Å². The molecule has 0 rings (SSSR count). The molecule has 2 heteroatoms. The molecule has 0 atom stereocenters. The first kappa shape index (κ1) is 7.86. The minimum atomic E-state index is -0.0565. The van der Waals surface area contributed by atoms with Crippen LogP contribution in [0.2, 0.25) is 0 Å². The lowest BCUT2D eigenvalue weighted by molar-refractivity contribution is -0.112. The standard InChI is InChI=1S/C7H8O2/c1-6(3-4-8)5-7(2)9/h3,5H,1-2H3/b6-5-. The number of hydrogen-bond acceptors (Lipinski definition) is 2. The maximum Gasteiger partial charge on any atom is 0.152 e. The molecule has 0 saturated heterocycles. The van der Waals surface area contributed by atoms with Crippen molar-refractivity contribution >= 4 is 11.7 Å². The summed E-state index contributed by atoms with van der Waals surface area (Å²) in [6, 6.07) is 0. The van der Waals surface area contributed by atoms with Crippen molar-refractivity contribution in [3.8, 4) is 0 Å². The molecule has 0 amide bonds. The fourth-order valence-electron chi connectivity index (χ4n) is 0.455. The highest BCUT2D eigenvalue weighted by molar-refractivity contribution is 5.88. The largest absolute Gasteiger partial charge is 0.295 e. The van der Waals surface area contributed by atoms with Gasteiger partial charge < -0.3 is 0 Å². The fourth-order valence-corrected chi connectivity index (χ4v) is 0.455. The van der Waals surface area contributed by atoms with Gasteiger partial charge in [0.15, 0.2) is 5.78 Å². The van der Waals surface area contributed by atoms with E-state index in [1.807, 2.05) is 0 Å². The van der Waals surface area contributed by atoms with E-state index in [2.05, 4.69) is 0 Å². The summed E-state index contributed by atoms with van der Waals surface area (Å²) in [6.45, 7) is 3.11. The Morgan fingerprint density at radius 1 is 1.44 bits per heavy atom. The summed E-state index contributed by atoms with van der Waals surface area (Å²) in [5.41, 5.74) is 0.637. The summed E-state index contributed by atoms with van der Waals surface area (Å²) in [5, 5.41) is 0. The molecule has 0 spiro atoms. The number of carbonyl (C=O) groups excluding carboxylic acids is 2. The summed E-state index contributed by atoms with van der Waals surface area (Å²) in [5.74, 6) is 1.52. The van der Waals surface area contributed by atoms with E-state index in [1.54, 1.807) is 12.9 Å². The molecule has 0 saturated carbocycles. The van der Waals surface area contributed by atoms with E-state index in [9.17, 15) is 9.59 Å². The maximum absolute atomic E-state index is 10.3. The Bertz CT molecular complexity index is 183. The minimum absolute atomic E-state index is 0.0565. The zero-order valence-electron chi connectivity index (χ0n) is 5.47. The SMILES string of the molecule is CC(=O)/C=C(/C)C=C=O. The second-order valence-corrected chi connectivity index (χ2v) is 1.76. The van der Waals surface area contributed by atoms with Crippen LogP contribution in [-0.4, -0.2) is 11.7 Å². The van der Waals surface area contributed by atoms with Gasteiger partial charge >= 0.3 is 0 Å². The molecule has 0 aromatic carbocycles. The van der Waals surface area contributed by atoms with Crippen LogP contribution in [0.1, 0.15) is 13.8 Å². The molecule has 9 heavy (non-hydrogen) atoms. The summed E-state index contributed by atoms with van der Waals surface area (Å²) in [4.78, 5) is 20.0. The number of ketones is 1. The van der Waals surface area contributed by atoms with Gasteiger partial charge in [-0.15, -0.1) is 0 Å². The molecule has 0 aliphatic heterocycles. The Morgan fingerprint density at radius 3 is 2.33 bits per heavy atom. The van der Waals surface area contributed by atoms with Gasteiger partial charge in [-0.2, -0.15) is 0 Å². The maximum atomic E-state index is 10.3. The highest BCUT2D eigenvalue weighted by Gasteiger charge is 1.84. The average Bonchev–Trinajstić information content (AvgIpc) is 1.63. The molecule has 0 N–H and O–H groups in total. The van der Waals surface area contributed by atoms with Crippen LogP contribution in [0.15, 0.2) is 17.7 Å². The molecule has 48 valence electrons. The molecule has 0 aromatic rings. The normalized spacial score (nSPS) is 10.2. The number of carbonyl (C=O) groups is 1. The van der Waals surface area contributed by atoms with Crippen LogP contribution in [0.5, 0.6) is 0 Å². The van der Waals surface area contributed by atoms with E-state index >= 15 is 0 Å². The van der Waals surface area contributed by atoms with Gasteiger partial charge in [0.25, 0.3) is 0 Å². The van der Waals surface area contributed by atoms with Crippen molar-refractivity contribution in [3.63, 3.8) is 0 Å². The van der Waals surface area contributed by atoms with Crippen LogP contribution in [0.25, 0.3) is 0 Å². The van der Waals surface area contributed by atoms with Crippen molar-refractivity contribution in [1.82, 2.24) is 0 Å². The van der Waals surface area contributed by atoms with E-state index in [0.29, 0.717) is 5.57 Å². The van der Waals surface area contributed by atoms with Gasteiger partial charge in [0, 0.05) is 6.08 Å². The smallest absolute Gasteiger partial charge is 0.152 e. The molecular formula is C7H8O2. The molecule has 0 bridgehead atoms. The zero-order valence-corrected chi connectivity index (χ0v) is 5.47. The monoisotopic (exact) mass is 124 g/mol. The van der Waals surface area contributed by atoms with Crippen LogP contribution in [0.3, 0.4) is 0 Å². The summed E-state index contributed by atoms with van der Waals surface area (Å²) < 4.78 is 0. The molecular weight excluding hydrogens is 116 g/mol. The van der Waals surface area contributed by atoms with Crippen molar-refractivity contribution in [3.05, 3.63) is 17.7 Å². The Kier molecular flexibility index (Phi) is 3.33. The van der Waals surface area contributed by atoms with E-state index in [1.165, 1.54) is 19.1 Å². The lowest BCUT2D eigenvalue weighted by Crippen LogP contribution is -1.82. The van der Waals surface area contributed by atoms with Gasteiger partial charge in [0.05, 0.1) is 0 Å². The van der Waals surface area contributed by atoms with Crippen molar-refractivity contribution in [2.45, 2.75) is 13.8 Å². The second kappa shape index (κ2) is 3.81. The van der Waals surface area contributed by atoms with E-state index in [-0.39, 0.29) is 5.78 Å². The highest BCUT2D eigenvalue weighted by Crippen LogP contribution is 1.90. The van der Waals surface area contributed by atoms with Crippen LogP contribution >= 0.6 is 0 Å². The van der Waals surface area contributed by atoms with Crippen LogP contribution in [-0.2, 0) is 9.59 Å². The van der Waals surface area contributed by atoms with Gasteiger partial charge in [-0.3, -0.25) is 4.79 Å². The third kappa shape index (κ3) is 4.72. The number of rotatable bonds is 2. The van der Waals surface area contributed by atoms with E-state index in [4.69, 9.17) is 0 Å².